The van der Waals surface area contributed by atoms with Gasteiger partial charge in [0.15, 0.2) is 0 Å². The standard InChI is InChI=1S/C29H17NO2/c1-3-13-26-22(7-1)24-11-5-9-20(28(24)31-26)18-15-19(17-30-16-18)21-10-6-12-25-23-8-2-4-14-27(23)32-29(21)25/h1-17H. The first-order chi connectivity index (χ1) is 15.9. The van der Waals surface area contributed by atoms with Crippen LogP contribution in [0.5, 0.6) is 0 Å². The summed E-state index contributed by atoms with van der Waals surface area (Å²) in [5.41, 5.74) is 7.65. The maximum atomic E-state index is 6.25. The van der Waals surface area contributed by atoms with Gasteiger partial charge in [-0.2, -0.15) is 0 Å². The lowest BCUT2D eigenvalue weighted by atomic mass is 9.99. The SMILES string of the molecule is c1ccc2c(c1)oc1c(-c3cncc(-c4cccc5c4oc4ccccc45)c3)cccc12. The molecule has 0 unspecified atom stereocenters. The topological polar surface area (TPSA) is 39.2 Å². The quantitative estimate of drug-likeness (QED) is 0.288. The summed E-state index contributed by atoms with van der Waals surface area (Å²) >= 11 is 0. The van der Waals surface area contributed by atoms with Crippen molar-refractivity contribution in [2.24, 2.45) is 0 Å². The fourth-order valence-corrected chi connectivity index (χ4v) is 4.68. The largest absolute Gasteiger partial charge is 0.455 e. The Morgan fingerprint density at radius 1 is 0.469 bits per heavy atom. The third kappa shape index (κ3) is 2.45. The Bertz CT molecular complexity index is 1660. The summed E-state index contributed by atoms with van der Waals surface area (Å²) in [7, 11) is 0. The van der Waals surface area contributed by atoms with Crippen LogP contribution in [0.15, 0.2) is 112 Å². The van der Waals surface area contributed by atoms with E-state index in [1.807, 2.05) is 48.8 Å². The second-order valence-corrected chi connectivity index (χ2v) is 8.02. The number of hydrogen-bond acceptors (Lipinski definition) is 3. The Morgan fingerprint density at radius 2 is 0.938 bits per heavy atom. The highest BCUT2D eigenvalue weighted by Gasteiger charge is 2.15. The maximum Gasteiger partial charge on any atom is 0.143 e. The molecular formula is C29H17NO2. The Labute approximate surface area is 183 Å². The van der Waals surface area contributed by atoms with Crippen LogP contribution in [0.1, 0.15) is 0 Å². The highest BCUT2D eigenvalue weighted by molar-refractivity contribution is 6.11. The van der Waals surface area contributed by atoms with Crippen LogP contribution in [0, 0.1) is 0 Å². The number of rotatable bonds is 2. The average Bonchev–Trinajstić information content (AvgIpc) is 3.42. The molecule has 3 nitrogen and oxygen atoms in total. The molecule has 0 aliphatic rings. The van der Waals surface area contributed by atoms with E-state index in [-0.39, 0.29) is 0 Å². The fraction of sp³-hybridized carbons (Fsp3) is 0. The minimum atomic E-state index is 0.884. The van der Waals surface area contributed by atoms with E-state index in [1.165, 1.54) is 0 Å². The molecule has 3 heterocycles. The molecule has 0 amide bonds. The molecule has 3 heteroatoms. The van der Waals surface area contributed by atoms with Crippen molar-refractivity contribution in [2.45, 2.75) is 0 Å². The van der Waals surface area contributed by atoms with E-state index in [0.29, 0.717) is 0 Å². The predicted octanol–water partition coefficient (Wildman–Crippen LogP) is 8.21. The minimum absolute atomic E-state index is 0.884. The van der Waals surface area contributed by atoms with Crippen LogP contribution < -0.4 is 0 Å². The van der Waals surface area contributed by atoms with Gasteiger partial charge in [-0.25, -0.2) is 0 Å². The van der Waals surface area contributed by atoms with Crippen LogP contribution in [0.4, 0.5) is 0 Å². The lowest BCUT2D eigenvalue weighted by molar-refractivity contribution is 0.670. The van der Waals surface area contributed by atoms with Crippen molar-refractivity contribution in [3.8, 4) is 22.3 Å². The molecule has 150 valence electrons. The van der Waals surface area contributed by atoms with Crippen molar-refractivity contribution in [2.75, 3.05) is 0 Å². The number of fused-ring (bicyclic) bond motifs is 6. The van der Waals surface area contributed by atoms with Crippen molar-refractivity contribution in [1.82, 2.24) is 4.98 Å². The van der Waals surface area contributed by atoms with Crippen LogP contribution in [0.3, 0.4) is 0 Å². The van der Waals surface area contributed by atoms with Gasteiger partial charge in [0, 0.05) is 56.2 Å². The smallest absolute Gasteiger partial charge is 0.143 e. The number of furan rings is 2. The van der Waals surface area contributed by atoms with E-state index in [2.05, 4.69) is 59.6 Å². The van der Waals surface area contributed by atoms with Crippen LogP contribution in [0.25, 0.3) is 66.1 Å². The molecule has 0 N–H and O–H groups in total. The molecule has 0 spiro atoms. The van der Waals surface area contributed by atoms with E-state index in [9.17, 15) is 0 Å². The summed E-state index contributed by atoms with van der Waals surface area (Å²) in [6.07, 6.45) is 3.79. The van der Waals surface area contributed by atoms with Crippen LogP contribution >= 0.6 is 0 Å². The lowest BCUT2D eigenvalue weighted by Crippen LogP contribution is -1.85. The molecule has 0 radical (unpaired) electrons. The molecule has 7 aromatic rings. The zero-order chi connectivity index (χ0) is 21.1. The molecule has 32 heavy (non-hydrogen) atoms. The molecule has 0 saturated carbocycles. The zero-order valence-corrected chi connectivity index (χ0v) is 17.1. The number of para-hydroxylation sites is 4. The van der Waals surface area contributed by atoms with Crippen molar-refractivity contribution >= 4 is 43.9 Å². The van der Waals surface area contributed by atoms with E-state index in [0.717, 1.165) is 66.1 Å². The van der Waals surface area contributed by atoms with Gasteiger partial charge in [0.25, 0.3) is 0 Å². The van der Waals surface area contributed by atoms with E-state index >= 15 is 0 Å². The third-order valence-electron chi connectivity index (χ3n) is 6.17. The second kappa shape index (κ2) is 6.56. The Kier molecular flexibility index (Phi) is 3.55. The average molecular weight is 411 g/mol. The number of hydrogen-bond donors (Lipinski definition) is 0. The van der Waals surface area contributed by atoms with Crippen molar-refractivity contribution in [3.63, 3.8) is 0 Å². The van der Waals surface area contributed by atoms with Crippen molar-refractivity contribution in [1.29, 1.82) is 0 Å². The van der Waals surface area contributed by atoms with Crippen LogP contribution in [-0.2, 0) is 0 Å². The summed E-state index contributed by atoms with van der Waals surface area (Å²) in [5, 5.41) is 4.48. The molecular weight excluding hydrogens is 394 g/mol. The van der Waals surface area contributed by atoms with Gasteiger partial charge >= 0.3 is 0 Å². The van der Waals surface area contributed by atoms with Gasteiger partial charge in [-0.3, -0.25) is 4.98 Å². The molecule has 0 aliphatic heterocycles. The number of nitrogens with zero attached hydrogens (tertiary/aromatic N) is 1. The lowest BCUT2D eigenvalue weighted by Gasteiger charge is -2.07. The summed E-state index contributed by atoms with van der Waals surface area (Å²) in [4.78, 5) is 4.58. The second-order valence-electron chi connectivity index (χ2n) is 8.02. The molecule has 4 aromatic carbocycles. The number of aromatic nitrogens is 1. The molecule has 0 saturated heterocycles. The Hall–Kier alpha value is -4.37. The Balaban J connectivity index is 1.45. The fourth-order valence-electron chi connectivity index (χ4n) is 4.68. The van der Waals surface area contributed by atoms with E-state index in [1.54, 1.807) is 0 Å². The van der Waals surface area contributed by atoms with Gasteiger partial charge < -0.3 is 8.83 Å². The molecule has 0 atom stereocenters. The van der Waals surface area contributed by atoms with Gasteiger partial charge in [0.2, 0.25) is 0 Å². The normalized spacial score (nSPS) is 11.8. The molecule has 0 aliphatic carbocycles. The van der Waals surface area contributed by atoms with Gasteiger partial charge in [-0.1, -0.05) is 72.8 Å². The predicted molar refractivity (Wildman–Crippen MR) is 130 cm³/mol. The molecule has 0 bridgehead atoms. The van der Waals surface area contributed by atoms with Crippen molar-refractivity contribution < 1.29 is 8.83 Å². The number of benzene rings is 4. The molecule has 3 aromatic heterocycles. The molecule has 0 fully saturated rings. The highest BCUT2D eigenvalue weighted by Crippen LogP contribution is 2.39. The van der Waals surface area contributed by atoms with Crippen LogP contribution in [0.2, 0.25) is 0 Å². The monoisotopic (exact) mass is 411 g/mol. The highest BCUT2D eigenvalue weighted by atomic mass is 16.3. The summed E-state index contributed by atoms with van der Waals surface area (Å²) in [6, 6.07) is 31.0. The van der Waals surface area contributed by atoms with E-state index < -0.39 is 0 Å². The summed E-state index contributed by atoms with van der Waals surface area (Å²) in [5.74, 6) is 0. The van der Waals surface area contributed by atoms with Gasteiger partial charge in [0.1, 0.15) is 22.3 Å². The minimum Gasteiger partial charge on any atom is -0.455 e. The first kappa shape index (κ1) is 17.3. The summed E-state index contributed by atoms with van der Waals surface area (Å²) < 4.78 is 12.5. The first-order valence-electron chi connectivity index (χ1n) is 10.6. The third-order valence-corrected chi connectivity index (χ3v) is 6.17. The number of pyridine rings is 1. The Morgan fingerprint density at radius 3 is 1.47 bits per heavy atom. The van der Waals surface area contributed by atoms with Gasteiger partial charge in [-0.15, -0.1) is 0 Å². The summed E-state index contributed by atoms with van der Waals surface area (Å²) in [6.45, 7) is 0. The van der Waals surface area contributed by atoms with Crippen molar-refractivity contribution in [3.05, 3.63) is 103 Å². The first-order valence-corrected chi connectivity index (χ1v) is 10.6. The molecule has 7 rings (SSSR count). The van der Waals surface area contributed by atoms with Crippen LogP contribution in [-0.4, -0.2) is 4.98 Å². The van der Waals surface area contributed by atoms with Gasteiger partial charge in [0.05, 0.1) is 0 Å². The maximum absolute atomic E-state index is 6.25. The zero-order valence-electron chi connectivity index (χ0n) is 17.1. The van der Waals surface area contributed by atoms with Gasteiger partial charge in [-0.05, 0) is 18.2 Å². The van der Waals surface area contributed by atoms with E-state index in [4.69, 9.17) is 8.83 Å².